The number of hydrogen-bond acceptors (Lipinski definition) is 3. The topological polar surface area (TPSA) is 85.2 Å². The number of pyridine rings is 1. The molecular formula is C26H28N2O3. The lowest BCUT2D eigenvalue weighted by Crippen LogP contribution is -2.15. The number of nitrogens with one attached hydrogen (secondary N) is 1. The Bertz CT molecular complexity index is 1200. The summed E-state index contributed by atoms with van der Waals surface area (Å²) in [5.41, 5.74) is 10.5. The molecule has 0 fully saturated rings. The first-order chi connectivity index (χ1) is 14.6. The van der Waals surface area contributed by atoms with Crippen LogP contribution in [0.4, 0.5) is 0 Å². The molecule has 0 bridgehead atoms. The van der Waals surface area contributed by atoms with Crippen LogP contribution in [-0.2, 0) is 5.41 Å². The van der Waals surface area contributed by atoms with Crippen molar-refractivity contribution >= 4 is 18.1 Å². The third-order valence-electron chi connectivity index (χ3n) is 5.15. The van der Waals surface area contributed by atoms with Gasteiger partial charge in [0.05, 0.1) is 7.11 Å². The lowest BCUT2D eigenvalue weighted by molar-refractivity contribution is 0.100. The van der Waals surface area contributed by atoms with Crippen LogP contribution >= 0.6 is 0 Å². The molecule has 0 spiro atoms. The third kappa shape index (κ3) is 4.94. The Morgan fingerprint density at radius 1 is 1.03 bits per heavy atom. The molecule has 1 heterocycles. The number of ether oxygens (including phenoxy) is 1. The van der Waals surface area contributed by atoms with Gasteiger partial charge in [-0.2, -0.15) is 0 Å². The predicted molar refractivity (Wildman–Crippen MR) is 126 cm³/mol. The molecule has 3 aromatic rings. The Morgan fingerprint density at radius 2 is 1.71 bits per heavy atom. The Labute approximate surface area is 182 Å². The first-order valence-electron chi connectivity index (χ1n) is 10.1. The zero-order valence-electron chi connectivity index (χ0n) is 18.6. The van der Waals surface area contributed by atoms with E-state index < -0.39 is 5.91 Å². The largest absolute Gasteiger partial charge is 0.496 e. The highest BCUT2D eigenvalue weighted by atomic mass is 16.5. The summed E-state index contributed by atoms with van der Waals surface area (Å²) in [5, 5.41) is 0. The van der Waals surface area contributed by atoms with Crippen molar-refractivity contribution in [2.24, 2.45) is 5.73 Å². The molecule has 0 unspecified atom stereocenters. The standard InChI is InChI=1S/C26H28N2O3/c1-16-6-13-21(25(30)28-16)20-14-19(23(31-5)22(15-20)26(2,3)4)12-9-17-7-10-18(11-8-17)24(27)29/h6-15H,1-5H3,(H2,27,29)(H,28,30). The minimum Gasteiger partial charge on any atom is -0.496 e. The molecule has 2 aromatic carbocycles. The second kappa shape index (κ2) is 8.64. The number of aryl methyl sites for hydroxylation is 1. The van der Waals surface area contributed by atoms with E-state index in [4.69, 9.17) is 10.5 Å². The molecule has 0 aliphatic heterocycles. The van der Waals surface area contributed by atoms with Crippen LogP contribution in [0.2, 0.25) is 0 Å². The van der Waals surface area contributed by atoms with Crippen molar-refractivity contribution in [3.8, 4) is 16.9 Å². The predicted octanol–water partition coefficient (Wildman–Crippen LogP) is 4.93. The Balaban J connectivity index is 2.15. The van der Waals surface area contributed by atoms with Gasteiger partial charge in [0, 0.05) is 27.9 Å². The summed E-state index contributed by atoms with van der Waals surface area (Å²) in [6, 6.07) is 14.8. The maximum absolute atomic E-state index is 12.6. The van der Waals surface area contributed by atoms with Crippen LogP contribution in [0.25, 0.3) is 23.3 Å². The number of primary amides is 1. The number of benzene rings is 2. The van der Waals surface area contributed by atoms with E-state index in [0.29, 0.717) is 11.1 Å². The number of hydrogen-bond donors (Lipinski definition) is 2. The highest BCUT2D eigenvalue weighted by molar-refractivity contribution is 5.93. The summed E-state index contributed by atoms with van der Waals surface area (Å²) in [4.78, 5) is 26.8. The van der Waals surface area contributed by atoms with Crippen LogP contribution in [0.15, 0.2) is 53.3 Å². The molecule has 0 aliphatic carbocycles. The van der Waals surface area contributed by atoms with Crippen molar-refractivity contribution in [3.05, 3.63) is 86.8 Å². The number of amides is 1. The average molecular weight is 417 g/mol. The molecule has 3 rings (SSSR count). The van der Waals surface area contributed by atoms with Crippen LogP contribution in [0.1, 0.15) is 53.5 Å². The molecule has 160 valence electrons. The van der Waals surface area contributed by atoms with Gasteiger partial charge in [0.2, 0.25) is 5.91 Å². The highest BCUT2D eigenvalue weighted by Crippen LogP contribution is 2.38. The number of aromatic amines is 1. The molecule has 5 heteroatoms. The van der Waals surface area contributed by atoms with Gasteiger partial charge in [-0.3, -0.25) is 9.59 Å². The van der Waals surface area contributed by atoms with Gasteiger partial charge in [0.15, 0.2) is 0 Å². The van der Waals surface area contributed by atoms with E-state index in [1.165, 1.54) is 0 Å². The van der Waals surface area contributed by atoms with Crippen molar-refractivity contribution < 1.29 is 9.53 Å². The molecule has 0 saturated heterocycles. The van der Waals surface area contributed by atoms with Crippen LogP contribution in [0, 0.1) is 6.92 Å². The van der Waals surface area contributed by atoms with E-state index >= 15 is 0 Å². The zero-order valence-corrected chi connectivity index (χ0v) is 18.6. The van der Waals surface area contributed by atoms with Crippen LogP contribution < -0.4 is 16.0 Å². The lowest BCUT2D eigenvalue weighted by atomic mass is 9.83. The summed E-state index contributed by atoms with van der Waals surface area (Å²) in [7, 11) is 1.65. The molecule has 31 heavy (non-hydrogen) atoms. The smallest absolute Gasteiger partial charge is 0.256 e. The lowest BCUT2D eigenvalue weighted by Gasteiger charge is -2.24. The second-order valence-electron chi connectivity index (χ2n) is 8.60. The molecule has 0 aliphatic rings. The van der Waals surface area contributed by atoms with E-state index in [9.17, 15) is 9.59 Å². The van der Waals surface area contributed by atoms with Gasteiger partial charge in [-0.05, 0) is 59.9 Å². The summed E-state index contributed by atoms with van der Waals surface area (Å²) in [5.74, 6) is 0.313. The van der Waals surface area contributed by atoms with Gasteiger partial charge in [-0.15, -0.1) is 0 Å². The van der Waals surface area contributed by atoms with Gasteiger partial charge in [-0.25, -0.2) is 0 Å². The number of methoxy groups -OCH3 is 1. The summed E-state index contributed by atoms with van der Waals surface area (Å²) >= 11 is 0. The monoisotopic (exact) mass is 416 g/mol. The fourth-order valence-corrected chi connectivity index (χ4v) is 3.46. The van der Waals surface area contributed by atoms with Crippen LogP contribution in [-0.4, -0.2) is 18.0 Å². The third-order valence-corrected chi connectivity index (χ3v) is 5.15. The van der Waals surface area contributed by atoms with E-state index in [0.717, 1.165) is 33.7 Å². The van der Waals surface area contributed by atoms with Crippen molar-refractivity contribution in [1.29, 1.82) is 0 Å². The molecule has 5 nitrogen and oxygen atoms in total. The number of carbonyl (C=O) groups is 1. The van der Waals surface area contributed by atoms with Crippen molar-refractivity contribution in [3.63, 3.8) is 0 Å². The first kappa shape index (κ1) is 22.1. The van der Waals surface area contributed by atoms with Crippen molar-refractivity contribution in [1.82, 2.24) is 4.98 Å². The summed E-state index contributed by atoms with van der Waals surface area (Å²) < 4.78 is 5.78. The number of H-pyrrole nitrogens is 1. The maximum atomic E-state index is 12.6. The molecule has 0 atom stereocenters. The fraction of sp³-hybridized carbons (Fsp3) is 0.231. The SMILES string of the molecule is COc1c(C=Cc2ccc(C(N)=O)cc2)cc(-c2ccc(C)[nH]c2=O)cc1C(C)(C)C. The maximum Gasteiger partial charge on any atom is 0.256 e. The molecule has 1 amide bonds. The molecule has 0 saturated carbocycles. The Morgan fingerprint density at radius 3 is 2.26 bits per heavy atom. The Kier molecular flexibility index (Phi) is 6.16. The number of nitrogens with two attached hydrogens (primary N) is 1. The minimum atomic E-state index is -0.456. The zero-order chi connectivity index (χ0) is 22.8. The molecule has 0 radical (unpaired) electrons. The van der Waals surface area contributed by atoms with Gasteiger partial charge in [0.25, 0.3) is 5.56 Å². The molecule has 3 N–H and O–H groups in total. The quantitative estimate of drug-likeness (QED) is 0.579. The van der Waals surface area contributed by atoms with Gasteiger partial charge < -0.3 is 15.5 Å². The molecule has 1 aromatic heterocycles. The van der Waals surface area contributed by atoms with E-state index in [2.05, 4.69) is 25.8 Å². The van der Waals surface area contributed by atoms with Gasteiger partial charge >= 0.3 is 0 Å². The number of carbonyl (C=O) groups excluding carboxylic acids is 1. The molecular weight excluding hydrogens is 388 g/mol. The van der Waals surface area contributed by atoms with E-state index in [-0.39, 0.29) is 11.0 Å². The summed E-state index contributed by atoms with van der Waals surface area (Å²) in [6.07, 6.45) is 3.90. The second-order valence-corrected chi connectivity index (χ2v) is 8.60. The highest BCUT2D eigenvalue weighted by Gasteiger charge is 2.22. The van der Waals surface area contributed by atoms with Crippen LogP contribution in [0.3, 0.4) is 0 Å². The average Bonchev–Trinajstić information content (AvgIpc) is 2.71. The minimum absolute atomic E-state index is 0.123. The van der Waals surface area contributed by atoms with Gasteiger partial charge in [-0.1, -0.05) is 45.1 Å². The normalized spacial score (nSPS) is 11.6. The van der Waals surface area contributed by atoms with E-state index in [1.54, 1.807) is 19.2 Å². The van der Waals surface area contributed by atoms with Crippen molar-refractivity contribution in [2.75, 3.05) is 7.11 Å². The number of rotatable bonds is 5. The summed E-state index contributed by atoms with van der Waals surface area (Å²) in [6.45, 7) is 8.20. The van der Waals surface area contributed by atoms with E-state index in [1.807, 2.05) is 55.5 Å². The van der Waals surface area contributed by atoms with Crippen molar-refractivity contribution in [2.45, 2.75) is 33.1 Å². The van der Waals surface area contributed by atoms with Gasteiger partial charge in [0.1, 0.15) is 5.75 Å². The first-order valence-corrected chi connectivity index (χ1v) is 10.1. The Hall–Kier alpha value is -3.60. The van der Waals surface area contributed by atoms with Crippen LogP contribution in [0.5, 0.6) is 5.75 Å². The fourth-order valence-electron chi connectivity index (χ4n) is 3.46. The number of aromatic nitrogens is 1.